The minimum Gasteiger partial charge on any atom is -0.478 e. The molecule has 1 aromatic rings. The van der Waals surface area contributed by atoms with Gasteiger partial charge in [-0.15, -0.1) is 0 Å². The van der Waals surface area contributed by atoms with Crippen molar-refractivity contribution in [3.05, 3.63) is 41.5 Å². The van der Waals surface area contributed by atoms with Gasteiger partial charge < -0.3 is 20.2 Å². The number of allylic oxidation sites excluding steroid dienone is 2. The third kappa shape index (κ3) is 5.39. The van der Waals surface area contributed by atoms with Gasteiger partial charge in [0.15, 0.2) is 0 Å². The SMILES string of the molecule is CN1CCN(CCCNCC23CCCC2C2CCC4C5(C)CC=C(c6ccc(C(=O)O)cc6)C(C)(C)C5CCC4(C)C2(C)CC3)CC1. The zero-order valence-electron chi connectivity index (χ0n) is 30.7. The van der Waals surface area contributed by atoms with Gasteiger partial charge in [0.25, 0.3) is 0 Å². The molecule has 260 valence electrons. The van der Waals surface area contributed by atoms with Gasteiger partial charge in [-0.25, -0.2) is 4.79 Å². The Balaban J connectivity index is 1.05. The second-order valence-corrected chi connectivity index (χ2v) is 18.6. The molecular formula is C42H65N3O2. The first-order valence-electron chi connectivity index (χ1n) is 19.5. The van der Waals surface area contributed by atoms with E-state index in [-0.39, 0.29) is 5.41 Å². The highest BCUT2D eigenvalue weighted by molar-refractivity contribution is 5.88. The Morgan fingerprint density at radius 3 is 2.32 bits per heavy atom. The summed E-state index contributed by atoms with van der Waals surface area (Å²) >= 11 is 0. The maximum absolute atomic E-state index is 11.5. The number of aromatic carboxylic acids is 1. The minimum atomic E-state index is -0.845. The molecule has 5 aliphatic carbocycles. The number of carboxylic acid groups (broad SMARTS) is 1. The molecule has 8 unspecified atom stereocenters. The summed E-state index contributed by atoms with van der Waals surface area (Å²) in [7, 11) is 2.25. The summed E-state index contributed by atoms with van der Waals surface area (Å²) < 4.78 is 0. The van der Waals surface area contributed by atoms with Crippen molar-refractivity contribution in [3.8, 4) is 0 Å². The maximum Gasteiger partial charge on any atom is 0.335 e. The number of benzene rings is 1. The van der Waals surface area contributed by atoms with Crippen molar-refractivity contribution >= 4 is 11.5 Å². The highest BCUT2D eigenvalue weighted by Crippen LogP contribution is 2.77. The molecule has 1 aromatic carbocycles. The van der Waals surface area contributed by atoms with E-state index in [1.807, 2.05) is 0 Å². The lowest BCUT2D eigenvalue weighted by atomic mass is 9.32. The number of fused-ring (bicyclic) bond motifs is 7. The van der Waals surface area contributed by atoms with E-state index < -0.39 is 5.97 Å². The zero-order valence-corrected chi connectivity index (χ0v) is 30.7. The van der Waals surface area contributed by atoms with Crippen molar-refractivity contribution in [1.29, 1.82) is 0 Å². The van der Waals surface area contributed by atoms with Gasteiger partial charge in [-0.05, 0) is 158 Å². The fraction of sp³-hybridized carbons (Fsp3) is 0.786. The van der Waals surface area contributed by atoms with Gasteiger partial charge in [-0.2, -0.15) is 0 Å². The molecule has 5 fully saturated rings. The number of hydrogen-bond donors (Lipinski definition) is 2. The largest absolute Gasteiger partial charge is 0.478 e. The molecule has 7 rings (SSSR count). The normalized spacial score (nSPS) is 41.7. The summed E-state index contributed by atoms with van der Waals surface area (Å²) in [5.74, 6) is 2.35. The average Bonchev–Trinajstić information content (AvgIpc) is 3.46. The van der Waals surface area contributed by atoms with Gasteiger partial charge in [-0.3, -0.25) is 0 Å². The molecule has 1 saturated heterocycles. The van der Waals surface area contributed by atoms with Gasteiger partial charge >= 0.3 is 5.97 Å². The summed E-state index contributed by atoms with van der Waals surface area (Å²) in [5, 5.41) is 13.5. The van der Waals surface area contributed by atoms with E-state index in [0.717, 1.165) is 24.2 Å². The number of hydrogen-bond acceptors (Lipinski definition) is 4. The van der Waals surface area contributed by atoms with Gasteiger partial charge in [0.05, 0.1) is 5.56 Å². The third-order valence-electron chi connectivity index (χ3n) is 16.5. The smallest absolute Gasteiger partial charge is 0.335 e. The Kier molecular flexibility index (Phi) is 8.82. The van der Waals surface area contributed by atoms with E-state index >= 15 is 0 Å². The summed E-state index contributed by atoms with van der Waals surface area (Å²) in [4.78, 5) is 16.6. The maximum atomic E-state index is 11.5. The van der Waals surface area contributed by atoms with Crippen LogP contribution in [0.4, 0.5) is 0 Å². The van der Waals surface area contributed by atoms with E-state index in [1.165, 1.54) is 121 Å². The molecule has 47 heavy (non-hydrogen) atoms. The first-order chi connectivity index (χ1) is 22.3. The molecular weight excluding hydrogens is 578 g/mol. The van der Waals surface area contributed by atoms with E-state index in [1.54, 1.807) is 12.1 Å². The predicted octanol–water partition coefficient (Wildman–Crippen LogP) is 8.46. The average molecular weight is 644 g/mol. The van der Waals surface area contributed by atoms with Crippen molar-refractivity contribution in [2.45, 2.75) is 105 Å². The van der Waals surface area contributed by atoms with E-state index in [2.05, 4.69) is 75.0 Å². The van der Waals surface area contributed by atoms with E-state index in [9.17, 15) is 9.90 Å². The second kappa shape index (κ2) is 12.3. The monoisotopic (exact) mass is 644 g/mol. The fourth-order valence-corrected chi connectivity index (χ4v) is 13.7. The lowest BCUT2D eigenvalue weighted by Crippen LogP contribution is -2.65. The Hall–Kier alpha value is -1.69. The second-order valence-electron chi connectivity index (χ2n) is 18.6. The first-order valence-corrected chi connectivity index (χ1v) is 19.5. The summed E-state index contributed by atoms with van der Waals surface area (Å²) in [5.41, 5.74) is 4.77. The molecule has 6 aliphatic rings. The lowest BCUT2D eigenvalue weighted by molar-refractivity contribution is -0.222. The first kappa shape index (κ1) is 33.8. The molecule has 5 heteroatoms. The summed E-state index contributed by atoms with van der Waals surface area (Å²) in [6, 6.07) is 7.69. The highest BCUT2D eigenvalue weighted by Gasteiger charge is 2.69. The third-order valence-corrected chi connectivity index (χ3v) is 16.5. The van der Waals surface area contributed by atoms with Crippen molar-refractivity contribution in [2.24, 2.45) is 50.7 Å². The number of piperazine rings is 1. The van der Waals surface area contributed by atoms with Gasteiger partial charge in [0.1, 0.15) is 0 Å². The molecule has 0 spiro atoms. The predicted molar refractivity (Wildman–Crippen MR) is 193 cm³/mol. The van der Waals surface area contributed by atoms with Crippen molar-refractivity contribution < 1.29 is 9.90 Å². The molecule has 1 heterocycles. The highest BCUT2D eigenvalue weighted by atomic mass is 16.4. The molecule has 2 N–H and O–H groups in total. The minimum absolute atomic E-state index is 0.0695. The van der Waals surface area contributed by atoms with Crippen molar-refractivity contribution in [2.75, 3.05) is 52.9 Å². The summed E-state index contributed by atoms with van der Waals surface area (Å²) in [6.07, 6.45) is 17.7. The Morgan fingerprint density at radius 1 is 0.851 bits per heavy atom. The van der Waals surface area contributed by atoms with Crippen LogP contribution in [0.5, 0.6) is 0 Å². The zero-order chi connectivity index (χ0) is 33.2. The Bertz CT molecular complexity index is 1350. The van der Waals surface area contributed by atoms with Crippen LogP contribution in [-0.4, -0.2) is 73.7 Å². The number of nitrogens with one attached hydrogen (secondary N) is 1. The van der Waals surface area contributed by atoms with Crippen LogP contribution in [0.1, 0.15) is 121 Å². The standard InChI is InChI=1S/C42H65N3O2/c1-38(2)32(30-10-12-31(13-11-30)37(46)47)16-19-39(3)35(38)17-20-41(5)36(39)15-14-33-34-9-7-18-42(34,22-21-40(33,41)4)29-43-23-8-24-45-27-25-44(6)26-28-45/h10-13,16,33-36,43H,7-9,14-15,17-29H2,1-6H3,(H,46,47). The van der Waals surface area contributed by atoms with Crippen LogP contribution in [0.2, 0.25) is 0 Å². The summed E-state index contributed by atoms with van der Waals surface area (Å²) in [6.45, 7) is 21.8. The van der Waals surface area contributed by atoms with Crippen LogP contribution in [-0.2, 0) is 0 Å². The van der Waals surface area contributed by atoms with Crippen LogP contribution in [0.25, 0.3) is 5.57 Å². The molecule has 8 atom stereocenters. The van der Waals surface area contributed by atoms with Gasteiger partial charge in [-0.1, -0.05) is 59.2 Å². The molecule has 1 aliphatic heterocycles. The fourth-order valence-electron chi connectivity index (χ4n) is 13.7. The quantitative estimate of drug-likeness (QED) is 0.279. The Labute approximate surface area is 286 Å². The van der Waals surface area contributed by atoms with E-state index in [0.29, 0.717) is 33.1 Å². The van der Waals surface area contributed by atoms with Crippen LogP contribution in [0.15, 0.2) is 30.3 Å². The van der Waals surface area contributed by atoms with Crippen LogP contribution in [0.3, 0.4) is 0 Å². The van der Waals surface area contributed by atoms with Crippen LogP contribution < -0.4 is 5.32 Å². The van der Waals surface area contributed by atoms with Gasteiger partial charge in [0.2, 0.25) is 0 Å². The van der Waals surface area contributed by atoms with E-state index in [4.69, 9.17) is 0 Å². The molecule has 0 bridgehead atoms. The van der Waals surface area contributed by atoms with Crippen LogP contribution in [0, 0.1) is 50.7 Å². The van der Waals surface area contributed by atoms with Crippen molar-refractivity contribution in [3.63, 3.8) is 0 Å². The topological polar surface area (TPSA) is 55.8 Å². The number of rotatable bonds is 8. The number of carbonyl (C=O) groups is 1. The van der Waals surface area contributed by atoms with Crippen molar-refractivity contribution in [1.82, 2.24) is 15.1 Å². The lowest BCUT2D eigenvalue weighted by Gasteiger charge is -2.72. The molecule has 5 nitrogen and oxygen atoms in total. The number of likely N-dealkylation sites (N-methyl/N-ethyl adjacent to an activating group) is 1. The van der Waals surface area contributed by atoms with Gasteiger partial charge in [0, 0.05) is 32.7 Å². The molecule has 0 radical (unpaired) electrons. The Morgan fingerprint density at radius 2 is 1.60 bits per heavy atom. The molecule has 0 aromatic heterocycles. The number of nitrogens with zero attached hydrogens (tertiary/aromatic N) is 2. The van der Waals surface area contributed by atoms with Crippen LogP contribution >= 0.6 is 0 Å². The molecule has 4 saturated carbocycles. The number of carboxylic acids is 1. The molecule has 0 amide bonds.